The van der Waals surface area contributed by atoms with Crippen molar-refractivity contribution in [2.24, 2.45) is 0 Å². The smallest absolute Gasteiger partial charge is 0.323 e. The third-order valence-electron chi connectivity index (χ3n) is 2.52. The highest BCUT2D eigenvalue weighted by Crippen LogP contribution is 2.08. The van der Waals surface area contributed by atoms with Crippen LogP contribution in [0, 0.1) is 0 Å². The predicted molar refractivity (Wildman–Crippen MR) is 62.9 cm³/mol. The number of carbonyl (C=O) groups excluding carboxylic acids is 1. The minimum atomic E-state index is -0.119. The van der Waals surface area contributed by atoms with Gasteiger partial charge in [-0.15, -0.1) is 0 Å². The molecule has 15 heavy (non-hydrogen) atoms. The number of rotatable bonds is 9. The van der Waals surface area contributed by atoms with Crippen molar-refractivity contribution in [2.75, 3.05) is 13.7 Å². The molecule has 0 heterocycles. The molecule has 90 valence electrons. The molecule has 3 heteroatoms. The number of hydrogen-bond donors (Lipinski definition) is 1. The van der Waals surface area contributed by atoms with E-state index in [1.165, 1.54) is 25.7 Å². The zero-order valence-corrected chi connectivity index (χ0v) is 10.3. The Morgan fingerprint density at radius 3 is 2.40 bits per heavy atom. The van der Waals surface area contributed by atoms with E-state index >= 15 is 0 Å². The summed E-state index contributed by atoms with van der Waals surface area (Å²) in [5.41, 5.74) is 0. The van der Waals surface area contributed by atoms with E-state index in [2.05, 4.69) is 12.2 Å². The average Bonchev–Trinajstić information content (AvgIpc) is 2.23. The summed E-state index contributed by atoms with van der Waals surface area (Å²) < 4.78 is 4.97. The minimum absolute atomic E-state index is 0.115. The van der Waals surface area contributed by atoms with Crippen LogP contribution in [0.2, 0.25) is 0 Å². The van der Waals surface area contributed by atoms with Gasteiger partial charge >= 0.3 is 5.97 Å². The lowest BCUT2D eigenvalue weighted by Gasteiger charge is -2.14. The number of carbonyl (C=O) groups is 1. The Morgan fingerprint density at radius 2 is 1.87 bits per heavy atom. The van der Waals surface area contributed by atoms with Crippen LogP contribution in [0.15, 0.2) is 0 Å². The van der Waals surface area contributed by atoms with Gasteiger partial charge in [-0.25, -0.2) is 0 Å². The molecule has 0 saturated carbocycles. The van der Waals surface area contributed by atoms with Gasteiger partial charge in [0, 0.05) is 0 Å². The fraction of sp³-hybridized carbons (Fsp3) is 0.917. The fourth-order valence-electron chi connectivity index (χ4n) is 1.57. The van der Waals surface area contributed by atoms with Gasteiger partial charge < -0.3 is 10.1 Å². The number of ether oxygens (including phenoxy) is 1. The molecule has 0 saturated heterocycles. The monoisotopic (exact) mass is 215 g/mol. The summed E-state index contributed by atoms with van der Waals surface area (Å²) >= 11 is 0. The van der Waals surface area contributed by atoms with Crippen molar-refractivity contribution in [3.63, 3.8) is 0 Å². The molecule has 0 radical (unpaired) electrons. The van der Waals surface area contributed by atoms with Crippen LogP contribution >= 0.6 is 0 Å². The molecule has 0 amide bonds. The van der Waals surface area contributed by atoms with E-state index in [0.717, 1.165) is 12.8 Å². The number of nitrogens with one attached hydrogen (secondary N) is 1. The summed E-state index contributed by atoms with van der Waals surface area (Å²) in [5, 5.41) is 3.00. The van der Waals surface area contributed by atoms with Gasteiger partial charge in [-0.1, -0.05) is 39.0 Å². The molecule has 0 aliphatic carbocycles. The molecule has 0 aromatic carbocycles. The molecule has 1 N–H and O–H groups in total. The molecule has 1 unspecified atom stereocenters. The zero-order valence-electron chi connectivity index (χ0n) is 10.3. The van der Waals surface area contributed by atoms with Crippen LogP contribution in [0.4, 0.5) is 0 Å². The summed E-state index contributed by atoms with van der Waals surface area (Å²) in [4.78, 5) is 11.4. The molecule has 0 spiro atoms. The van der Waals surface area contributed by atoms with Crippen molar-refractivity contribution in [2.45, 2.75) is 58.4 Å². The zero-order chi connectivity index (χ0) is 11.5. The number of hydrogen-bond acceptors (Lipinski definition) is 3. The maximum Gasteiger partial charge on any atom is 0.323 e. The number of unbranched alkanes of at least 4 members (excludes halogenated alkanes) is 4. The Labute approximate surface area is 93.6 Å². The first-order valence-corrected chi connectivity index (χ1v) is 6.10. The standard InChI is InChI=1S/C12H25NO2/c1-4-6-7-8-9-10-11(13-3)12(14)15-5-2/h11,13H,4-10H2,1-3H3. The van der Waals surface area contributed by atoms with Crippen molar-refractivity contribution in [1.29, 1.82) is 0 Å². The second-order valence-electron chi connectivity index (χ2n) is 3.80. The first-order chi connectivity index (χ1) is 7.26. The largest absolute Gasteiger partial charge is 0.465 e. The lowest BCUT2D eigenvalue weighted by atomic mass is 10.1. The third-order valence-corrected chi connectivity index (χ3v) is 2.52. The summed E-state index contributed by atoms with van der Waals surface area (Å²) in [5.74, 6) is -0.115. The van der Waals surface area contributed by atoms with Crippen molar-refractivity contribution in [3.05, 3.63) is 0 Å². The molecule has 0 fully saturated rings. The number of esters is 1. The molecule has 0 rings (SSSR count). The van der Waals surface area contributed by atoms with E-state index in [1.807, 2.05) is 14.0 Å². The first kappa shape index (κ1) is 14.4. The summed E-state index contributed by atoms with van der Waals surface area (Å²) in [7, 11) is 1.81. The van der Waals surface area contributed by atoms with E-state index in [0.29, 0.717) is 6.61 Å². The predicted octanol–water partition coefficient (Wildman–Crippen LogP) is 2.50. The molecule has 0 aliphatic heterocycles. The second kappa shape index (κ2) is 9.97. The molecule has 0 bridgehead atoms. The van der Waals surface area contributed by atoms with Gasteiger partial charge in [0.15, 0.2) is 0 Å². The molecule has 3 nitrogen and oxygen atoms in total. The Balaban J connectivity index is 3.56. The van der Waals surface area contributed by atoms with E-state index in [1.54, 1.807) is 0 Å². The van der Waals surface area contributed by atoms with Gasteiger partial charge in [0.25, 0.3) is 0 Å². The topological polar surface area (TPSA) is 38.3 Å². The first-order valence-electron chi connectivity index (χ1n) is 6.10. The second-order valence-corrected chi connectivity index (χ2v) is 3.80. The van der Waals surface area contributed by atoms with Crippen molar-refractivity contribution < 1.29 is 9.53 Å². The highest BCUT2D eigenvalue weighted by Gasteiger charge is 2.16. The molecule has 1 atom stereocenters. The molecule has 0 aromatic heterocycles. The normalized spacial score (nSPS) is 12.5. The highest BCUT2D eigenvalue weighted by molar-refractivity contribution is 5.75. The highest BCUT2D eigenvalue weighted by atomic mass is 16.5. The van der Waals surface area contributed by atoms with Gasteiger partial charge in [0.2, 0.25) is 0 Å². The molecular weight excluding hydrogens is 190 g/mol. The van der Waals surface area contributed by atoms with Gasteiger partial charge in [0.05, 0.1) is 6.61 Å². The van der Waals surface area contributed by atoms with E-state index < -0.39 is 0 Å². The Kier molecular flexibility index (Phi) is 9.59. The lowest BCUT2D eigenvalue weighted by Crippen LogP contribution is -2.35. The SMILES string of the molecule is CCCCCCCC(NC)C(=O)OCC. The Morgan fingerprint density at radius 1 is 1.20 bits per heavy atom. The van der Waals surface area contributed by atoms with Crippen LogP contribution < -0.4 is 5.32 Å². The van der Waals surface area contributed by atoms with Crippen LogP contribution in [0.25, 0.3) is 0 Å². The van der Waals surface area contributed by atoms with E-state index in [9.17, 15) is 4.79 Å². The van der Waals surface area contributed by atoms with E-state index in [4.69, 9.17) is 4.74 Å². The maximum absolute atomic E-state index is 11.4. The molecular formula is C12H25NO2. The fourth-order valence-corrected chi connectivity index (χ4v) is 1.57. The molecule has 0 aromatic rings. The Bertz CT molecular complexity index is 160. The van der Waals surface area contributed by atoms with Crippen molar-refractivity contribution in [1.82, 2.24) is 5.32 Å². The molecule has 0 aliphatic rings. The van der Waals surface area contributed by atoms with Crippen LogP contribution in [0.1, 0.15) is 52.4 Å². The van der Waals surface area contributed by atoms with Gasteiger partial charge in [-0.2, -0.15) is 0 Å². The van der Waals surface area contributed by atoms with Crippen LogP contribution in [0.5, 0.6) is 0 Å². The maximum atomic E-state index is 11.4. The van der Waals surface area contributed by atoms with Gasteiger partial charge in [-0.3, -0.25) is 4.79 Å². The van der Waals surface area contributed by atoms with Crippen molar-refractivity contribution in [3.8, 4) is 0 Å². The quantitative estimate of drug-likeness (QED) is 0.474. The minimum Gasteiger partial charge on any atom is -0.465 e. The van der Waals surface area contributed by atoms with Crippen LogP contribution in [-0.4, -0.2) is 25.7 Å². The van der Waals surface area contributed by atoms with Gasteiger partial charge in [-0.05, 0) is 20.4 Å². The third kappa shape index (κ3) is 7.37. The summed E-state index contributed by atoms with van der Waals surface area (Å²) in [6.07, 6.45) is 7.03. The summed E-state index contributed by atoms with van der Waals surface area (Å²) in [6, 6.07) is -0.119. The van der Waals surface area contributed by atoms with Crippen LogP contribution in [-0.2, 0) is 9.53 Å². The lowest BCUT2D eigenvalue weighted by molar-refractivity contribution is -0.145. The van der Waals surface area contributed by atoms with Crippen LogP contribution in [0.3, 0.4) is 0 Å². The Hall–Kier alpha value is -0.570. The van der Waals surface area contributed by atoms with E-state index in [-0.39, 0.29) is 12.0 Å². The van der Waals surface area contributed by atoms with Crippen molar-refractivity contribution >= 4 is 5.97 Å². The number of likely N-dealkylation sites (N-methyl/N-ethyl adjacent to an activating group) is 1. The van der Waals surface area contributed by atoms with Gasteiger partial charge in [0.1, 0.15) is 6.04 Å². The summed E-state index contributed by atoms with van der Waals surface area (Å²) in [6.45, 7) is 4.51. The average molecular weight is 215 g/mol.